The molecule has 1 unspecified atom stereocenters. The lowest BCUT2D eigenvalue weighted by molar-refractivity contribution is -0.132. The quantitative estimate of drug-likeness (QED) is 0.300. The number of para-hydroxylation sites is 2. The molecule has 1 aliphatic rings. The highest BCUT2D eigenvalue weighted by molar-refractivity contribution is 9.10. The number of Topliss-reactive ketones (excluding diaryl/α,β-unsaturated/α-hetero) is 1. The molecular formula is C23H16BrNO5. The number of anilines is 1. The van der Waals surface area contributed by atoms with Gasteiger partial charge < -0.3 is 15.3 Å². The van der Waals surface area contributed by atoms with Gasteiger partial charge in [-0.3, -0.25) is 14.5 Å². The molecule has 0 saturated carbocycles. The number of hydrogen-bond donors (Lipinski definition) is 3. The van der Waals surface area contributed by atoms with Crippen molar-refractivity contribution in [3.8, 4) is 11.5 Å². The Morgan fingerprint density at radius 3 is 2.27 bits per heavy atom. The second kappa shape index (κ2) is 7.68. The number of phenolic OH excluding ortho intramolecular Hbond substituents is 2. The monoisotopic (exact) mass is 465 g/mol. The SMILES string of the molecule is O=C1C(=O)N(c2ccccc2O)C(c2cccc(O)c2)/C1=C(/O)c1ccc(Br)cc1. The predicted octanol–water partition coefficient (Wildman–Crippen LogP) is 4.49. The van der Waals surface area contributed by atoms with Crippen LogP contribution in [-0.2, 0) is 9.59 Å². The number of ketones is 1. The minimum absolute atomic E-state index is 0.0565. The number of halogens is 1. The normalized spacial score (nSPS) is 18.0. The number of carbonyl (C=O) groups is 2. The number of nitrogens with zero attached hydrogens (tertiary/aromatic N) is 1. The van der Waals surface area contributed by atoms with Crippen LogP contribution in [0.2, 0.25) is 0 Å². The fourth-order valence-corrected chi connectivity index (χ4v) is 3.79. The summed E-state index contributed by atoms with van der Waals surface area (Å²) in [6, 6.07) is 17.8. The average Bonchev–Trinajstić information content (AvgIpc) is 2.99. The molecule has 6 nitrogen and oxygen atoms in total. The van der Waals surface area contributed by atoms with Gasteiger partial charge in [0, 0.05) is 10.0 Å². The first kappa shape index (κ1) is 19.7. The Morgan fingerprint density at radius 1 is 0.900 bits per heavy atom. The third-order valence-electron chi connectivity index (χ3n) is 4.89. The van der Waals surface area contributed by atoms with Crippen molar-refractivity contribution in [2.75, 3.05) is 4.90 Å². The van der Waals surface area contributed by atoms with Crippen LogP contribution in [0.15, 0.2) is 82.8 Å². The first-order chi connectivity index (χ1) is 14.4. The smallest absolute Gasteiger partial charge is 0.300 e. The number of benzene rings is 3. The zero-order chi connectivity index (χ0) is 21.4. The highest BCUT2D eigenvalue weighted by Gasteiger charge is 2.47. The van der Waals surface area contributed by atoms with E-state index in [0.717, 1.165) is 9.37 Å². The number of hydrogen-bond acceptors (Lipinski definition) is 5. The summed E-state index contributed by atoms with van der Waals surface area (Å²) in [5.41, 5.74) is 0.772. The molecule has 0 aliphatic carbocycles. The average molecular weight is 466 g/mol. The van der Waals surface area contributed by atoms with E-state index < -0.39 is 17.7 Å². The van der Waals surface area contributed by atoms with Gasteiger partial charge in [-0.2, -0.15) is 0 Å². The maximum absolute atomic E-state index is 13.0. The Morgan fingerprint density at radius 2 is 1.60 bits per heavy atom. The summed E-state index contributed by atoms with van der Waals surface area (Å²) in [7, 11) is 0. The van der Waals surface area contributed by atoms with E-state index in [4.69, 9.17) is 0 Å². The minimum Gasteiger partial charge on any atom is -0.508 e. The Kier molecular flexibility index (Phi) is 5.05. The first-order valence-corrected chi connectivity index (χ1v) is 9.81. The lowest BCUT2D eigenvalue weighted by Crippen LogP contribution is -2.29. The zero-order valence-electron chi connectivity index (χ0n) is 15.5. The largest absolute Gasteiger partial charge is 0.508 e. The van der Waals surface area contributed by atoms with Crippen molar-refractivity contribution in [2.24, 2.45) is 0 Å². The molecule has 1 aliphatic heterocycles. The first-order valence-electron chi connectivity index (χ1n) is 9.02. The highest BCUT2D eigenvalue weighted by Crippen LogP contribution is 2.45. The van der Waals surface area contributed by atoms with Crippen LogP contribution in [0.5, 0.6) is 11.5 Å². The van der Waals surface area contributed by atoms with Crippen LogP contribution in [0, 0.1) is 0 Å². The van der Waals surface area contributed by atoms with Gasteiger partial charge in [-0.15, -0.1) is 0 Å². The van der Waals surface area contributed by atoms with Crippen molar-refractivity contribution in [3.63, 3.8) is 0 Å². The summed E-state index contributed by atoms with van der Waals surface area (Å²) in [5, 5.41) is 31.3. The second-order valence-electron chi connectivity index (χ2n) is 6.76. The van der Waals surface area contributed by atoms with Crippen molar-refractivity contribution in [1.82, 2.24) is 0 Å². The minimum atomic E-state index is -1.03. The Bertz CT molecular complexity index is 1190. The van der Waals surface area contributed by atoms with Gasteiger partial charge in [0.1, 0.15) is 17.3 Å². The van der Waals surface area contributed by atoms with E-state index in [1.165, 1.54) is 24.3 Å². The van der Waals surface area contributed by atoms with Gasteiger partial charge in [0.25, 0.3) is 11.7 Å². The number of amides is 1. The predicted molar refractivity (Wildman–Crippen MR) is 115 cm³/mol. The number of rotatable bonds is 3. The third-order valence-corrected chi connectivity index (χ3v) is 5.42. The van der Waals surface area contributed by atoms with Gasteiger partial charge in [0.05, 0.1) is 17.3 Å². The van der Waals surface area contributed by atoms with Gasteiger partial charge >= 0.3 is 0 Å². The van der Waals surface area contributed by atoms with E-state index in [1.807, 2.05) is 0 Å². The van der Waals surface area contributed by atoms with Crippen LogP contribution in [0.1, 0.15) is 17.2 Å². The molecule has 3 aromatic carbocycles. The lowest BCUT2D eigenvalue weighted by atomic mass is 9.95. The zero-order valence-corrected chi connectivity index (χ0v) is 17.1. The molecule has 0 bridgehead atoms. The van der Waals surface area contributed by atoms with Crippen molar-refractivity contribution in [1.29, 1.82) is 0 Å². The van der Waals surface area contributed by atoms with E-state index in [1.54, 1.807) is 48.5 Å². The summed E-state index contributed by atoms with van der Waals surface area (Å²) >= 11 is 3.32. The molecule has 150 valence electrons. The molecule has 0 aromatic heterocycles. The number of phenols is 2. The van der Waals surface area contributed by atoms with E-state index in [-0.39, 0.29) is 28.5 Å². The molecule has 1 saturated heterocycles. The molecule has 7 heteroatoms. The third kappa shape index (κ3) is 3.33. The summed E-state index contributed by atoms with van der Waals surface area (Å²) in [6.07, 6.45) is 0. The number of aromatic hydroxyl groups is 2. The van der Waals surface area contributed by atoms with Crippen LogP contribution in [-0.4, -0.2) is 27.0 Å². The molecule has 1 heterocycles. The summed E-state index contributed by atoms with van der Waals surface area (Å²) in [5.74, 6) is -2.35. The fourth-order valence-electron chi connectivity index (χ4n) is 3.52. The van der Waals surface area contributed by atoms with Crippen molar-refractivity contribution < 1.29 is 24.9 Å². The maximum Gasteiger partial charge on any atom is 0.300 e. The van der Waals surface area contributed by atoms with Crippen LogP contribution >= 0.6 is 15.9 Å². The Hall–Kier alpha value is -3.58. The summed E-state index contributed by atoms with van der Waals surface area (Å²) in [4.78, 5) is 27.1. The van der Waals surface area contributed by atoms with Gasteiger partial charge in [0.15, 0.2) is 0 Å². The second-order valence-corrected chi connectivity index (χ2v) is 7.68. The van der Waals surface area contributed by atoms with Crippen LogP contribution in [0.3, 0.4) is 0 Å². The van der Waals surface area contributed by atoms with E-state index >= 15 is 0 Å². The molecule has 3 aromatic rings. The van der Waals surface area contributed by atoms with E-state index in [9.17, 15) is 24.9 Å². The van der Waals surface area contributed by atoms with Crippen molar-refractivity contribution in [3.05, 3.63) is 94.0 Å². The van der Waals surface area contributed by atoms with Gasteiger partial charge in [0.2, 0.25) is 0 Å². The molecule has 1 fully saturated rings. The van der Waals surface area contributed by atoms with Crippen LogP contribution in [0.25, 0.3) is 5.76 Å². The Balaban J connectivity index is 1.98. The molecule has 1 amide bonds. The van der Waals surface area contributed by atoms with Gasteiger partial charge in [-0.05, 0) is 42.0 Å². The summed E-state index contributed by atoms with van der Waals surface area (Å²) in [6.45, 7) is 0. The van der Waals surface area contributed by atoms with Crippen molar-refractivity contribution in [2.45, 2.75) is 6.04 Å². The number of aliphatic hydroxyl groups excluding tert-OH is 1. The van der Waals surface area contributed by atoms with Gasteiger partial charge in [-0.25, -0.2) is 0 Å². The number of aliphatic hydroxyl groups is 1. The molecule has 1 atom stereocenters. The molecule has 30 heavy (non-hydrogen) atoms. The molecule has 4 rings (SSSR count). The molecular weight excluding hydrogens is 450 g/mol. The van der Waals surface area contributed by atoms with Crippen LogP contribution in [0.4, 0.5) is 5.69 Å². The number of carbonyl (C=O) groups excluding carboxylic acids is 2. The van der Waals surface area contributed by atoms with E-state index in [2.05, 4.69) is 15.9 Å². The molecule has 3 N–H and O–H groups in total. The van der Waals surface area contributed by atoms with Crippen LogP contribution < -0.4 is 4.90 Å². The van der Waals surface area contributed by atoms with Crippen molar-refractivity contribution >= 4 is 39.1 Å². The lowest BCUT2D eigenvalue weighted by Gasteiger charge is -2.26. The Labute approximate surface area is 180 Å². The standard InChI is InChI=1S/C23H16BrNO5/c24-15-10-8-13(9-11-15)21(28)19-20(14-4-3-5-16(26)12-14)25(23(30)22(19)29)17-6-1-2-7-18(17)27/h1-12,20,26-28H/b21-19-. The van der Waals surface area contributed by atoms with Gasteiger partial charge in [-0.1, -0.05) is 52.3 Å². The maximum atomic E-state index is 13.0. The fraction of sp³-hybridized carbons (Fsp3) is 0.0435. The molecule has 0 radical (unpaired) electrons. The highest BCUT2D eigenvalue weighted by atomic mass is 79.9. The topological polar surface area (TPSA) is 98.1 Å². The van der Waals surface area contributed by atoms with E-state index in [0.29, 0.717) is 11.1 Å². The molecule has 0 spiro atoms. The summed E-state index contributed by atoms with van der Waals surface area (Å²) < 4.78 is 0.790.